The minimum atomic E-state index is -1.48. The van der Waals surface area contributed by atoms with Crippen molar-refractivity contribution in [1.29, 1.82) is 0 Å². The number of aromatic nitrogens is 3. The van der Waals surface area contributed by atoms with Gasteiger partial charge >= 0.3 is 6.09 Å². The molecule has 0 radical (unpaired) electrons. The lowest BCUT2D eigenvalue weighted by Gasteiger charge is -2.31. The minimum Gasteiger partial charge on any atom is -0.497 e. The van der Waals surface area contributed by atoms with Crippen molar-refractivity contribution in [3.05, 3.63) is 166 Å². The Hall–Kier alpha value is -11.2. The number of para-hydroxylation sites is 1. The summed E-state index contributed by atoms with van der Waals surface area (Å²) in [5.41, 5.74) is 9.51. The Kier molecular flexibility index (Phi) is 22.8. The molecule has 1 aromatic heterocycles. The van der Waals surface area contributed by atoms with Gasteiger partial charge < -0.3 is 58.9 Å². The number of hydrogen-bond donors (Lipinski definition) is 3. The zero-order valence-electron chi connectivity index (χ0n) is 62.8. The summed E-state index contributed by atoms with van der Waals surface area (Å²) in [5, 5.41) is 26.6. The number of amides is 6. The Balaban J connectivity index is 0.569. The van der Waals surface area contributed by atoms with Crippen LogP contribution in [-0.4, -0.2) is 155 Å². The summed E-state index contributed by atoms with van der Waals surface area (Å²) in [4.78, 5) is 130. The van der Waals surface area contributed by atoms with Gasteiger partial charge in [-0.1, -0.05) is 97.9 Å². The number of anilines is 2. The highest BCUT2D eigenvalue weighted by Crippen LogP contribution is 2.57. The van der Waals surface area contributed by atoms with Crippen LogP contribution in [0, 0.1) is 17.3 Å². The fraction of sp³-hybridized carbons (Fsp3) is 0.417. The van der Waals surface area contributed by atoms with E-state index < -0.39 is 47.9 Å². The molecule has 7 aromatic rings. The second-order valence-corrected chi connectivity index (χ2v) is 29.8. The molecule has 6 amide bonds. The summed E-state index contributed by atoms with van der Waals surface area (Å²) in [5.74, 6) is -1.80. The number of aliphatic hydroxyl groups is 1. The second-order valence-electron chi connectivity index (χ2n) is 29.8. The van der Waals surface area contributed by atoms with Gasteiger partial charge in [0, 0.05) is 98.4 Å². The van der Waals surface area contributed by atoms with E-state index in [0.29, 0.717) is 65.4 Å². The van der Waals surface area contributed by atoms with Crippen LogP contribution in [0.25, 0.3) is 28.1 Å². The Labute approximate surface area is 633 Å². The number of carbonyl (C=O) groups excluding carboxylic acids is 9. The number of aryl methyl sites for hydroxylation is 1. The topological polar surface area (TPSA) is 297 Å². The van der Waals surface area contributed by atoms with Gasteiger partial charge in [-0.3, -0.25) is 38.4 Å². The van der Waals surface area contributed by atoms with Gasteiger partial charge in [-0.05, 0) is 140 Å². The summed E-state index contributed by atoms with van der Waals surface area (Å²) in [6.07, 6.45) is 3.57. The molecule has 109 heavy (non-hydrogen) atoms. The van der Waals surface area contributed by atoms with Gasteiger partial charge in [-0.25, -0.2) is 14.4 Å². The summed E-state index contributed by atoms with van der Waals surface area (Å²) in [6.45, 7) is 9.60. The molecule has 570 valence electrons. The molecule has 6 aliphatic rings. The number of ether oxygens (including phenoxy) is 6. The smallest absolute Gasteiger partial charge is 0.416 e. The van der Waals surface area contributed by atoms with Crippen LogP contribution in [0.15, 0.2) is 128 Å². The van der Waals surface area contributed by atoms with Gasteiger partial charge in [0.1, 0.15) is 23.8 Å². The second kappa shape index (κ2) is 32.7. The number of rotatable bonds is 29. The van der Waals surface area contributed by atoms with Crippen molar-refractivity contribution in [3.8, 4) is 51.3 Å². The fourth-order valence-electron chi connectivity index (χ4n) is 15.4. The number of ketones is 3. The normalized spacial score (nSPS) is 17.7. The Morgan fingerprint density at radius 1 is 0.688 bits per heavy atom. The van der Waals surface area contributed by atoms with Crippen LogP contribution in [0.5, 0.6) is 28.7 Å². The zero-order chi connectivity index (χ0) is 76.9. The van der Waals surface area contributed by atoms with Crippen LogP contribution in [0.4, 0.5) is 16.2 Å². The van der Waals surface area contributed by atoms with E-state index in [-0.39, 0.29) is 147 Å². The number of benzene rings is 6. The molecule has 13 rings (SSSR count). The third kappa shape index (κ3) is 16.5. The van der Waals surface area contributed by atoms with E-state index in [9.17, 15) is 48.3 Å². The highest BCUT2D eigenvalue weighted by Gasteiger charge is 2.58. The van der Waals surface area contributed by atoms with Crippen LogP contribution in [0.2, 0.25) is 0 Å². The van der Waals surface area contributed by atoms with Gasteiger partial charge in [0.05, 0.1) is 82.3 Å². The van der Waals surface area contributed by atoms with Gasteiger partial charge in [-0.2, -0.15) is 0 Å². The number of nitrogens with zero attached hydrogens (tertiary/aromatic N) is 7. The van der Waals surface area contributed by atoms with Crippen molar-refractivity contribution in [1.82, 2.24) is 35.4 Å². The quantitative estimate of drug-likeness (QED) is 0.0367. The van der Waals surface area contributed by atoms with Gasteiger partial charge in [-0.15, -0.1) is 5.10 Å². The molecule has 5 aliphatic heterocycles. The molecule has 1 aliphatic carbocycles. The third-order valence-electron chi connectivity index (χ3n) is 21.8. The average Bonchev–Trinajstić information content (AvgIpc) is 1.82. The molecule has 25 heteroatoms. The molecular formula is C84H93N9O16. The lowest BCUT2D eigenvalue weighted by molar-refractivity contribution is -0.133. The molecule has 0 unspecified atom stereocenters. The lowest BCUT2D eigenvalue weighted by Crippen LogP contribution is -2.50. The number of Topliss-reactive ketones (excluding diaryl/α,β-unsaturated/α-hetero) is 3. The van der Waals surface area contributed by atoms with Crippen molar-refractivity contribution >= 4 is 69.9 Å². The first-order chi connectivity index (χ1) is 52.5. The van der Waals surface area contributed by atoms with Crippen LogP contribution in [0.3, 0.4) is 0 Å². The summed E-state index contributed by atoms with van der Waals surface area (Å²) >= 11 is 0. The first kappa shape index (κ1) is 76.0. The van der Waals surface area contributed by atoms with Gasteiger partial charge in [0.2, 0.25) is 17.7 Å². The molecule has 1 saturated carbocycles. The molecule has 3 N–H and O–H groups in total. The van der Waals surface area contributed by atoms with E-state index in [0.717, 1.165) is 75.4 Å². The first-order valence-corrected chi connectivity index (χ1v) is 37.5. The maximum atomic E-state index is 14.5. The van der Waals surface area contributed by atoms with E-state index in [2.05, 4.69) is 20.9 Å². The van der Waals surface area contributed by atoms with E-state index in [1.165, 1.54) is 26.4 Å². The van der Waals surface area contributed by atoms with Gasteiger partial charge in [0.15, 0.2) is 40.8 Å². The predicted octanol–water partition coefficient (Wildman–Crippen LogP) is 11.4. The first-order valence-electron chi connectivity index (χ1n) is 37.5. The fourth-order valence-corrected chi connectivity index (χ4v) is 15.4. The highest BCUT2D eigenvalue weighted by molar-refractivity contribution is 6.07. The van der Waals surface area contributed by atoms with Crippen LogP contribution < -0.4 is 44.1 Å². The Bertz CT molecular complexity index is 4700. The van der Waals surface area contributed by atoms with Crippen molar-refractivity contribution in [2.75, 3.05) is 57.4 Å². The Morgan fingerprint density at radius 3 is 2.06 bits per heavy atom. The van der Waals surface area contributed by atoms with Crippen LogP contribution >= 0.6 is 0 Å². The predicted molar refractivity (Wildman–Crippen MR) is 405 cm³/mol. The lowest BCUT2D eigenvalue weighted by atomic mass is 9.89. The number of fused-ring (bicyclic) bond motifs is 9. The largest absolute Gasteiger partial charge is 0.497 e. The van der Waals surface area contributed by atoms with Crippen molar-refractivity contribution in [2.45, 2.75) is 162 Å². The van der Waals surface area contributed by atoms with Crippen molar-refractivity contribution in [3.63, 3.8) is 0 Å². The maximum Gasteiger partial charge on any atom is 0.416 e. The van der Waals surface area contributed by atoms with Gasteiger partial charge in [0.25, 0.3) is 11.8 Å². The number of aliphatic hydroxyl groups excluding tert-OH is 1. The SMILES string of the molecule is COc1ccc(C2=CN3C(=O)c4cc(OC)c(OCCCOc5cc6c(cc5OC)C(=O)N5CC7(CC7)C[C@H]5[C@H](O)N6C(=O)OCc5ccc(CC(=O)[C@H](C)NC(=O)[C@@H](CC(=O)CNC(=O)CCC(=O)CCC(=O)N6Cc7ccccc7-c7c(nnn7C(C)C)-c7ccccc76)C(C)C)cc5)cc4CC[C@@H]3C2)cc1. The van der Waals surface area contributed by atoms with Crippen molar-refractivity contribution < 1.29 is 76.7 Å². The van der Waals surface area contributed by atoms with E-state index in [4.69, 9.17) is 28.4 Å². The molecule has 25 nitrogen and oxygen atoms in total. The third-order valence-corrected chi connectivity index (χ3v) is 21.8. The molecule has 1 saturated heterocycles. The standard InChI is InChI=1S/C84H93N9O16/c1-49(2)64(39-60(95)44-85-75(97)30-26-59(94)27-31-76(98)90-45-56-14-9-10-15-62(56)78-77(87-88-93(78)50(3)4)63-16-11-12-17-67(63)90)79(99)86-51(5)70(96)36-52-18-20-53(21-19-52)47-109-83(103)92-68-42-74(72(106-8)41-66(68)81(101)91-48-84(32-33-84)43-69(91)82(92)102)108-35-13-34-107-73-38-55-22-25-58-37-57(54-23-28-61(104-6)29-24-54)46-89(58)80(100)65(55)40-71(73)105-7/h9-12,14-21,23-24,28-29,38,40-42,46,49-51,58,64,69,82,102H,13,22,25-27,30-37,39,43-45,47-48H2,1-8H3,(H,85,97)(H,86,99)/t51-,58+,64-,69-,82-/m0/s1. The monoisotopic (exact) mass is 1480 g/mol. The molecule has 5 atom stereocenters. The number of nitrogens with one attached hydrogen (secondary N) is 2. The van der Waals surface area contributed by atoms with E-state index >= 15 is 0 Å². The minimum absolute atomic E-state index is 0.00556. The molecule has 6 aromatic carbocycles. The number of methoxy groups -OCH3 is 3. The zero-order valence-corrected chi connectivity index (χ0v) is 62.8. The maximum absolute atomic E-state index is 14.5. The number of hydrogen-bond acceptors (Lipinski definition) is 18. The van der Waals surface area contributed by atoms with E-state index in [1.54, 1.807) is 68.0 Å². The Morgan fingerprint density at radius 2 is 1.37 bits per heavy atom. The molecule has 0 bridgehead atoms. The molecule has 6 heterocycles. The molecular weight excluding hydrogens is 1390 g/mol. The molecule has 1 spiro atoms. The average molecular weight is 1480 g/mol. The summed E-state index contributed by atoms with van der Waals surface area (Å²) in [6, 6.07) is 35.0. The summed E-state index contributed by atoms with van der Waals surface area (Å²) < 4.78 is 37.3. The van der Waals surface area contributed by atoms with Crippen LogP contribution in [-0.2, 0) is 59.5 Å². The van der Waals surface area contributed by atoms with Crippen molar-refractivity contribution in [2.24, 2.45) is 17.3 Å². The number of carbonyl (C=O) groups is 9. The highest BCUT2D eigenvalue weighted by atomic mass is 16.6. The molecule has 2 fully saturated rings. The summed E-state index contributed by atoms with van der Waals surface area (Å²) in [7, 11) is 4.61. The van der Waals surface area contributed by atoms with E-state index in [1.807, 2.05) is 108 Å². The van der Waals surface area contributed by atoms with Crippen LogP contribution in [0.1, 0.15) is 160 Å².